The SMILES string of the molecule is CC1Cc2ccccc2N1CCNC(=O)C1CCNCC1. The molecule has 1 atom stereocenters. The number of benzene rings is 1. The Bertz CT molecular complexity index is 497. The molecular formula is C17H25N3O. The second-order valence-corrected chi connectivity index (χ2v) is 6.19. The predicted octanol–water partition coefficient (Wildman–Crippen LogP) is 1.55. The maximum absolute atomic E-state index is 12.1. The van der Waals surface area contributed by atoms with Crippen molar-refractivity contribution in [2.45, 2.75) is 32.2 Å². The fraction of sp³-hybridized carbons (Fsp3) is 0.588. The molecule has 1 aromatic carbocycles. The van der Waals surface area contributed by atoms with Crippen LogP contribution in [-0.4, -0.2) is 38.1 Å². The van der Waals surface area contributed by atoms with E-state index in [-0.39, 0.29) is 11.8 Å². The topological polar surface area (TPSA) is 44.4 Å². The summed E-state index contributed by atoms with van der Waals surface area (Å²) in [6.45, 7) is 5.83. The largest absolute Gasteiger partial charge is 0.367 e. The third-order valence-electron chi connectivity index (χ3n) is 4.71. The summed E-state index contributed by atoms with van der Waals surface area (Å²) in [6, 6.07) is 9.12. The third kappa shape index (κ3) is 3.21. The number of piperidine rings is 1. The van der Waals surface area contributed by atoms with Gasteiger partial charge < -0.3 is 15.5 Å². The van der Waals surface area contributed by atoms with E-state index in [2.05, 4.69) is 46.7 Å². The number of anilines is 1. The quantitative estimate of drug-likeness (QED) is 0.883. The van der Waals surface area contributed by atoms with Crippen LogP contribution in [0.4, 0.5) is 5.69 Å². The summed E-state index contributed by atoms with van der Waals surface area (Å²) in [5.74, 6) is 0.436. The number of hydrogen-bond donors (Lipinski definition) is 2. The summed E-state index contributed by atoms with van der Waals surface area (Å²) in [5.41, 5.74) is 2.76. The second-order valence-electron chi connectivity index (χ2n) is 6.19. The molecule has 0 radical (unpaired) electrons. The normalized spacial score (nSPS) is 22.1. The van der Waals surface area contributed by atoms with Crippen molar-refractivity contribution in [1.82, 2.24) is 10.6 Å². The zero-order chi connectivity index (χ0) is 14.7. The molecule has 3 rings (SSSR count). The molecule has 0 spiro atoms. The van der Waals surface area contributed by atoms with Crippen molar-refractivity contribution in [3.63, 3.8) is 0 Å². The smallest absolute Gasteiger partial charge is 0.223 e. The van der Waals surface area contributed by atoms with Crippen LogP contribution in [0.15, 0.2) is 24.3 Å². The molecular weight excluding hydrogens is 262 g/mol. The molecule has 4 nitrogen and oxygen atoms in total. The van der Waals surface area contributed by atoms with Crippen LogP contribution >= 0.6 is 0 Å². The molecule has 1 unspecified atom stereocenters. The fourth-order valence-corrected chi connectivity index (χ4v) is 3.50. The van der Waals surface area contributed by atoms with Crippen LogP contribution in [0.1, 0.15) is 25.3 Å². The Morgan fingerprint density at radius 1 is 1.33 bits per heavy atom. The zero-order valence-corrected chi connectivity index (χ0v) is 12.8. The molecule has 0 aliphatic carbocycles. The van der Waals surface area contributed by atoms with Gasteiger partial charge in [0.15, 0.2) is 0 Å². The van der Waals surface area contributed by atoms with Gasteiger partial charge in [-0.15, -0.1) is 0 Å². The Kier molecular flexibility index (Phi) is 4.44. The molecule has 0 aromatic heterocycles. The van der Waals surface area contributed by atoms with Gasteiger partial charge in [-0.3, -0.25) is 4.79 Å². The maximum atomic E-state index is 12.1. The lowest BCUT2D eigenvalue weighted by Crippen LogP contribution is -2.42. The Morgan fingerprint density at radius 3 is 2.90 bits per heavy atom. The van der Waals surface area contributed by atoms with Crippen LogP contribution in [0.3, 0.4) is 0 Å². The van der Waals surface area contributed by atoms with Crippen LogP contribution in [-0.2, 0) is 11.2 Å². The maximum Gasteiger partial charge on any atom is 0.223 e. The first-order valence-electron chi connectivity index (χ1n) is 8.08. The Labute approximate surface area is 126 Å². The van der Waals surface area contributed by atoms with E-state index in [1.165, 1.54) is 11.3 Å². The van der Waals surface area contributed by atoms with E-state index in [4.69, 9.17) is 0 Å². The van der Waals surface area contributed by atoms with Gasteiger partial charge >= 0.3 is 0 Å². The van der Waals surface area contributed by atoms with Gasteiger partial charge in [-0.1, -0.05) is 18.2 Å². The van der Waals surface area contributed by atoms with E-state index in [9.17, 15) is 4.79 Å². The van der Waals surface area contributed by atoms with Crippen molar-refractivity contribution >= 4 is 11.6 Å². The van der Waals surface area contributed by atoms with Gasteiger partial charge in [0.2, 0.25) is 5.91 Å². The van der Waals surface area contributed by atoms with Crippen molar-refractivity contribution in [2.24, 2.45) is 5.92 Å². The van der Waals surface area contributed by atoms with Crippen LogP contribution in [0.5, 0.6) is 0 Å². The number of carbonyl (C=O) groups excluding carboxylic acids is 1. The van der Waals surface area contributed by atoms with E-state index in [1.54, 1.807) is 0 Å². The number of nitrogens with zero attached hydrogens (tertiary/aromatic N) is 1. The number of fused-ring (bicyclic) bond motifs is 1. The van der Waals surface area contributed by atoms with Gasteiger partial charge in [-0.25, -0.2) is 0 Å². The molecule has 2 heterocycles. The van der Waals surface area contributed by atoms with Crippen molar-refractivity contribution in [1.29, 1.82) is 0 Å². The highest BCUT2D eigenvalue weighted by Crippen LogP contribution is 2.31. The lowest BCUT2D eigenvalue weighted by atomic mass is 9.97. The molecule has 0 bridgehead atoms. The number of nitrogens with one attached hydrogen (secondary N) is 2. The van der Waals surface area contributed by atoms with Crippen molar-refractivity contribution in [2.75, 3.05) is 31.1 Å². The molecule has 0 saturated carbocycles. The molecule has 2 N–H and O–H groups in total. The van der Waals surface area contributed by atoms with Gasteiger partial charge in [0.25, 0.3) is 0 Å². The van der Waals surface area contributed by atoms with E-state index in [0.717, 1.165) is 45.4 Å². The molecule has 2 aliphatic rings. The summed E-state index contributed by atoms with van der Waals surface area (Å²) in [7, 11) is 0. The lowest BCUT2D eigenvalue weighted by Gasteiger charge is -2.26. The van der Waals surface area contributed by atoms with E-state index < -0.39 is 0 Å². The Morgan fingerprint density at radius 2 is 2.10 bits per heavy atom. The van der Waals surface area contributed by atoms with Crippen molar-refractivity contribution in [3.8, 4) is 0 Å². The first-order chi connectivity index (χ1) is 10.3. The average Bonchev–Trinajstić information content (AvgIpc) is 2.84. The highest BCUT2D eigenvalue weighted by molar-refractivity contribution is 5.78. The van der Waals surface area contributed by atoms with Crippen LogP contribution in [0.2, 0.25) is 0 Å². The number of amides is 1. The molecule has 1 saturated heterocycles. The third-order valence-corrected chi connectivity index (χ3v) is 4.71. The lowest BCUT2D eigenvalue weighted by molar-refractivity contribution is -0.125. The van der Waals surface area contributed by atoms with E-state index in [1.807, 2.05) is 0 Å². The highest BCUT2D eigenvalue weighted by Gasteiger charge is 2.25. The standard InChI is InChI=1S/C17H25N3O/c1-13-12-15-4-2-3-5-16(15)20(13)11-10-19-17(21)14-6-8-18-9-7-14/h2-5,13-14,18H,6-12H2,1H3,(H,19,21). The minimum Gasteiger partial charge on any atom is -0.367 e. The van der Waals surface area contributed by atoms with Gasteiger partial charge in [-0.2, -0.15) is 0 Å². The first kappa shape index (κ1) is 14.4. The predicted molar refractivity (Wildman–Crippen MR) is 85.6 cm³/mol. The summed E-state index contributed by atoms with van der Waals surface area (Å²) < 4.78 is 0. The first-order valence-corrected chi connectivity index (χ1v) is 8.08. The van der Waals surface area contributed by atoms with E-state index in [0.29, 0.717) is 6.04 Å². The van der Waals surface area contributed by atoms with Crippen molar-refractivity contribution < 1.29 is 4.79 Å². The zero-order valence-electron chi connectivity index (χ0n) is 12.8. The molecule has 21 heavy (non-hydrogen) atoms. The van der Waals surface area contributed by atoms with Crippen LogP contribution in [0, 0.1) is 5.92 Å². The molecule has 114 valence electrons. The van der Waals surface area contributed by atoms with Crippen LogP contribution < -0.4 is 15.5 Å². The summed E-state index contributed by atoms with van der Waals surface area (Å²) >= 11 is 0. The number of carbonyl (C=O) groups is 1. The van der Waals surface area contributed by atoms with Gasteiger partial charge in [0.05, 0.1) is 0 Å². The van der Waals surface area contributed by atoms with Crippen LogP contribution in [0.25, 0.3) is 0 Å². The highest BCUT2D eigenvalue weighted by atomic mass is 16.1. The Balaban J connectivity index is 1.50. The van der Waals surface area contributed by atoms with E-state index >= 15 is 0 Å². The number of hydrogen-bond acceptors (Lipinski definition) is 3. The molecule has 1 aromatic rings. The minimum atomic E-state index is 0.203. The summed E-state index contributed by atoms with van der Waals surface area (Å²) in [6.07, 6.45) is 3.04. The summed E-state index contributed by atoms with van der Waals surface area (Å²) in [5, 5.41) is 6.42. The number of rotatable bonds is 4. The number of para-hydroxylation sites is 1. The minimum absolute atomic E-state index is 0.203. The van der Waals surface area contributed by atoms with Gasteiger partial charge in [-0.05, 0) is 50.9 Å². The molecule has 1 amide bonds. The van der Waals surface area contributed by atoms with Crippen molar-refractivity contribution in [3.05, 3.63) is 29.8 Å². The average molecular weight is 287 g/mol. The monoisotopic (exact) mass is 287 g/mol. The fourth-order valence-electron chi connectivity index (χ4n) is 3.50. The summed E-state index contributed by atoms with van der Waals surface area (Å²) in [4.78, 5) is 14.6. The van der Waals surface area contributed by atoms with Gasteiger partial charge in [0.1, 0.15) is 0 Å². The Hall–Kier alpha value is -1.55. The molecule has 4 heteroatoms. The second kappa shape index (κ2) is 6.48. The van der Waals surface area contributed by atoms with Gasteiger partial charge in [0, 0.05) is 30.7 Å². The molecule has 2 aliphatic heterocycles. The molecule has 1 fully saturated rings.